The molecule has 0 amide bonds. The topological polar surface area (TPSA) is 80.2 Å². The highest BCUT2D eigenvalue weighted by Crippen LogP contribution is 2.18. The molecule has 0 fully saturated rings. The first-order valence-electron chi connectivity index (χ1n) is 6.61. The van der Waals surface area contributed by atoms with Gasteiger partial charge >= 0.3 is 5.97 Å². The first kappa shape index (κ1) is 14.8. The Morgan fingerprint density at radius 1 is 1.14 bits per heavy atom. The third-order valence-corrected chi connectivity index (χ3v) is 3.20. The Kier molecular flexibility index (Phi) is 4.12. The van der Waals surface area contributed by atoms with Crippen LogP contribution in [0.4, 0.5) is 0 Å². The molecule has 21 heavy (non-hydrogen) atoms. The van der Waals surface area contributed by atoms with E-state index in [1.807, 2.05) is 12.1 Å². The average molecular weight is 284 g/mol. The molecule has 0 saturated heterocycles. The molecular formula is C16H16N2O3. The largest absolute Gasteiger partial charge is 0.476 e. The number of hydrogen-bond donors (Lipinski definition) is 1. The summed E-state index contributed by atoms with van der Waals surface area (Å²) in [4.78, 5) is 31.4. The summed E-state index contributed by atoms with van der Waals surface area (Å²) < 4.78 is 0. The van der Waals surface area contributed by atoms with Gasteiger partial charge in [-0.1, -0.05) is 38.1 Å². The summed E-state index contributed by atoms with van der Waals surface area (Å²) in [6.07, 6.45) is 1.27. The summed E-state index contributed by atoms with van der Waals surface area (Å²) >= 11 is 0. The lowest BCUT2D eigenvalue weighted by Gasteiger charge is -2.08. The van der Waals surface area contributed by atoms with Gasteiger partial charge in [0.2, 0.25) is 0 Å². The number of hydrogen-bond acceptors (Lipinski definition) is 4. The van der Waals surface area contributed by atoms with Crippen molar-refractivity contribution in [2.45, 2.75) is 26.7 Å². The molecule has 108 valence electrons. The molecule has 0 spiro atoms. The summed E-state index contributed by atoms with van der Waals surface area (Å²) in [6, 6.07) is 7.13. The summed E-state index contributed by atoms with van der Waals surface area (Å²) in [5.74, 6) is -0.934. The fourth-order valence-electron chi connectivity index (χ4n) is 1.97. The Balaban J connectivity index is 2.42. The van der Waals surface area contributed by atoms with E-state index in [-0.39, 0.29) is 17.0 Å². The molecular weight excluding hydrogens is 268 g/mol. The monoisotopic (exact) mass is 284 g/mol. The van der Waals surface area contributed by atoms with Gasteiger partial charge in [0, 0.05) is 11.8 Å². The van der Waals surface area contributed by atoms with Crippen LogP contribution in [-0.4, -0.2) is 26.8 Å². The van der Waals surface area contributed by atoms with Crippen molar-refractivity contribution in [3.63, 3.8) is 0 Å². The molecule has 0 atom stereocenters. The van der Waals surface area contributed by atoms with E-state index < -0.39 is 5.97 Å². The Hall–Kier alpha value is -2.56. The number of carbonyl (C=O) groups excluding carboxylic acids is 1. The van der Waals surface area contributed by atoms with E-state index in [0.717, 1.165) is 5.56 Å². The second kappa shape index (κ2) is 5.83. The van der Waals surface area contributed by atoms with Gasteiger partial charge in [-0.25, -0.2) is 14.8 Å². The quantitative estimate of drug-likeness (QED) is 0.873. The molecule has 0 aliphatic rings. The number of aromatic carboxylic acids is 1. The van der Waals surface area contributed by atoms with Crippen LogP contribution in [0.5, 0.6) is 0 Å². The third-order valence-electron chi connectivity index (χ3n) is 3.20. The highest BCUT2D eigenvalue weighted by molar-refractivity contribution is 6.13. The van der Waals surface area contributed by atoms with E-state index in [1.165, 1.54) is 6.20 Å². The lowest BCUT2D eigenvalue weighted by atomic mass is 9.98. The molecule has 0 aliphatic carbocycles. The predicted octanol–water partition coefficient (Wildman–Crippen LogP) is 2.84. The molecule has 5 heteroatoms. The normalized spacial score (nSPS) is 10.7. The first-order valence-corrected chi connectivity index (χ1v) is 6.61. The van der Waals surface area contributed by atoms with Gasteiger partial charge in [0.15, 0.2) is 11.5 Å². The smallest absolute Gasteiger partial charge is 0.355 e. The van der Waals surface area contributed by atoms with Gasteiger partial charge in [-0.2, -0.15) is 0 Å². The highest BCUT2D eigenvalue weighted by Gasteiger charge is 2.20. The van der Waals surface area contributed by atoms with Crippen LogP contribution in [0.2, 0.25) is 0 Å². The number of nitrogens with zero attached hydrogens (tertiary/aromatic N) is 2. The van der Waals surface area contributed by atoms with Crippen molar-refractivity contribution in [3.05, 3.63) is 58.7 Å². The van der Waals surface area contributed by atoms with Crippen molar-refractivity contribution in [1.29, 1.82) is 0 Å². The zero-order valence-electron chi connectivity index (χ0n) is 12.1. The molecule has 1 N–H and O–H groups in total. The molecule has 2 aromatic rings. The van der Waals surface area contributed by atoms with E-state index in [0.29, 0.717) is 17.3 Å². The van der Waals surface area contributed by atoms with Gasteiger partial charge in [-0.05, 0) is 18.4 Å². The minimum Gasteiger partial charge on any atom is -0.476 e. The zero-order chi connectivity index (χ0) is 15.6. The van der Waals surface area contributed by atoms with Crippen LogP contribution in [0.3, 0.4) is 0 Å². The van der Waals surface area contributed by atoms with Crippen LogP contribution in [0.1, 0.15) is 57.6 Å². The molecule has 5 nitrogen and oxygen atoms in total. The van der Waals surface area contributed by atoms with Crippen molar-refractivity contribution in [2.24, 2.45) is 0 Å². The molecule has 1 heterocycles. The molecule has 2 rings (SSSR count). The zero-order valence-corrected chi connectivity index (χ0v) is 12.1. The van der Waals surface area contributed by atoms with Crippen molar-refractivity contribution in [2.75, 3.05) is 0 Å². The number of aromatic nitrogens is 2. The van der Waals surface area contributed by atoms with Crippen molar-refractivity contribution >= 4 is 11.8 Å². The summed E-state index contributed by atoms with van der Waals surface area (Å²) in [6.45, 7) is 5.71. The van der Waals surface area contributed by atoms with E-state index in [2.05, 4.69) is 23.8 Å². The summed E-state index contributed by atoms with van der Waals surface area (Å²) in [5.41, 5.74) is 1.28. The minimum absolute atomic E-state index is 0.00500. The maximum Gasteiger partial charge on any atom is 0.355 e. The van der Waals surface area contributed by atoms with Gasteiger partial charge < -0.3 is 5.11 Å². The molecule has 0 radical (unpaired) electrons. The Morgan fingerprint density at radius 3 is 2.29 bits per heavy atom. The number of aryl methyl sites for hydroxylation is 1. The maximum absolute atomic E-state index is 12.4. The van der Waals surface area contributed by atoms with Crippen molar-refractivity contribution < 1.29 is 14.7 Å². The Morgan fingerprint density at radius 2 is 1.76 bits per heavy atom. The van der Waals surface area contributed by atoms with E-state index in [1.54, 1.807) is 19.1 Å². The van der Waals surface area contributed by atoms with Crippen LogP contribution in [0, 0.1) is 6.92 Å². The maximum atomic E-state index is 12.4. The fraction of sp³-hybridized carbons (Fsp3) is 0.250. The predicted molar refractivity (Wildman–Crippen MR) is 77.7 cm³/mol. The number of rotatable bonds is 4. The van der Waals surface area contributed by atoms with Gasteiger partial charge in [0.1, 0.15) is 5.82 Å². The fourth-order valence-corrected chi connectivity index (χ4v) is 1.97. The molecule has 0 bridgehead atoms. The van der Waals surface area contributed by atoms with Crippen LogP contribution in [0.25, 0.3) is 0 Å². The van der Waals surface area contributed by atoms with Crippen LogP contribution >= 0.6 is 0 Å². The van der Waals surface area contributed by atoms with Crippen LogP contribution < -0.4 is 0 Å². The summed E-state index contributed by atoms with van der Waals surface area (Å²) in [5, 5.41) is 9.16. The van der Waals surface area contributed by atoms with Gasteiger partial charge in [-0.15, -0.1) is 0 Å². The van der Waals surface area contributed by atoms with Gasteiger partial charge in [0.05, 0.1) is 5.56 Å². The SMILES string of the molecule is Cc1ncc(C(=O)c2ccc(C(C)C)cc2)c(C(=O)O)n1. The molecule has 1 aromatic carbocycles. The Labute approximate surface area is 122 Å². The first-order chi connectivity index (χ1) is 9.90. The second-order valence-corrected chi connectivity index (χ2v) is 5.09. The lowest BCUT2D eigenvalue weighted by molar-refractivity contribution is 0.0685. The number of ketones is 1. The van der Waals surface area contributed by atoms with Gasteiger partial charge in [0.25, 0.3) is 0 Å². The highest BCUT2D eigenvalue weighted by atomic mass is 16.4. The van der Waals surface area contributed by atoms with E-state index >= 15 is 0 Å². The van der Waals surface area contributed by atoms with Crippen LogP contribution in [-0.2, 0) is 0 Å². The van der Waals surface area contributed by atoms with E-state index in [4.69, 9.17) is 5.11 Å². The molecule has 0 saturated carbocycles. The number of carboxylic acids is 1. The average Bonchev–Trinajstić information content (AvgIpc) is 2.46. The second-order valence-electron chi connectivity index (χ2n) is 5.09. The van der Waals surface area contributed by atoms with Crippen molar-refractivity contribution in [1.82, 2.24) is 9.97 Å². The molecule has 0 aliphatic heterocycles. The van der Waals surface area contributed by atoms with Crippen LogP contribution in [0.15, 0.2) is 30.5 Å². The number of carboxylic acid groups (broad SMARTS) is 1. The lowest BCUT2D eigenvalue weighted by Crippen LogP contribution is -2.13. The standard InChI is InChI=1S/C16H16N2O3/c1-9(2)11-4-6-12(7-5-11)15(19)13-8-17-10(3)18-14(13)16(20)21/h4-9H,1-3H3,(H,20,21). The Bertz CT molecular complexity index is 691. The third kappa shape index (κ3) is 3.13. The minimum atomic E-state index is -1.23. The number of benzene rings is 1. The molecule has 0 unspecified atom stereocenters. The number of carbonyl (C=O) groups is 2. The molecule has 1 aromatic heterocycles. The van der Waals surface area contributed by atoms with Gasteiger partial charge in [-0.3, -0.25) is 4.79 Å². The van der Waals surface area contributed by atoms with Crippen molar-refractivity contribution in [3.8, 4) is 0 Å². The van der Waals surface area contributed by atoms with E-state index in [9.17, 15) is 9.59 Å². The summed E-state index contributed by atoms with van der Waals surface area (Å²) in [7, 11) is 0.